The van der Waals surface area contributed by atoms with Gasteiger partial charge in [0.15, 0.2) is 0 Å². The van der Waals surface area contributed by atoms with Crippen LogP contribution in [0.1, 0.15) is 5.56 Å². The summed E-state index contributed by atoms with van der Waals surface area (Å²) in [7, 11) is 0. The lowest BCUT2D eigenvalue weighted by molar-refractivity contribution is -0.126. The van der Waals surface area contributed by atoms with E-state index in [9.17, 15) is 9.59 Å². The molecule has 1 aromatic rings. The Labute approximate surface area is 123 Å². The molecule has 1 aromatic carbocycles. The first-order valence-corrected chi connectivity index (χ1v) is 7.23. The van der Waals surface area contributed by atoms with Gasteiger partial charge in [0, 0.05) is 25.3 Å². The van der Waals surface area contributed by atoms with Crippen LogP contribution in [0.3, 0.4) is 0 Å². The third-order valence-corrected chi connectivity index (χ3v) is 3.80. The van der Waals surface area contributed by atoms with E-state index >= 15 is 0 Å². The van der Waals surface area contributed by atoms with Crippen LogP contribution in [-0.4, -0.2) is 50.7 Å². The van der Waals surface area contributed by atoms with E-state index in [4.69, 9.17) is 4.74 Å². The molecule has 2 aliphatic rings. The molecule has 112 valence electrons. The van der Waals surface area contributed by atoms with Crippen LogP contribution in [0.2, 0.25) is 0 Å². The van der Waals surface area contributed by atoms with Crippen LogP contribution >= 0.6 is 0 Å². The van der Waals surface area contributed by atoms with Crippen molar-refractivity contribution in [3.8, 4) is 0 Å². The number of hydrogen-bond donors (Lipinski definition) is 2. The van der Waals surface area contributed by atoms with E-state index in [1.54, 1.807) is 4.90 Å². The lowest BCUT2D eigenvalue weighted by Gasteiger charge is -2.23. The molecule has 1 unspecified atom stereocenters. The number of benzene rings is 1. The number of nitrogens with one attached hydrogen (secondary N) is 2. The first-order valence-electron chi connectivity index (χ1n) is 7.23. The van der Waals surface area contributed by atoms with Crippen LogP contribution in [0.15, 0.2) is 24.3 Å². The minimum atomic E-state index is -0.291. The third-order valence-electron chi connectivity index (χ3n) is 3.80. The van der Waals surface area contributed by atoms with Gasteiger partial charge >= 0.3 is 0 Å². The van der Waals surface area contributed by atoms with E-state index in [0.29, 0.717) is 39.3 Å². The molecule has 3 rings (SSSR count). The zero-order valence-electron chi connectivity index (χ0n) is 11.8. The van der Waals surface area contributed by atoms with Crippen molar-refractivity contribution in [2.75, 3.05) is 37.7 Å². The quantitative estimate of drug-likeness (QED) is 0.797. The van der Waals surface area contributed by atoms with Gasteiger partial charge in [0.05, 0.1) is 19.6 Å². The normalized spacial score (nSPS) is 21.2. The Morgan fingerprint density at radius 2 is 2.29 bits per heavy atom. The Morgan fingerprint density at radius 3 is 3.10 bits per heavy atom. The molecule has 0 bridgehead atoms. The highest BCUT2D eigenvalue weighted by Crippen LogP contribution is 2.27. The van der Waals surface area contributed by atoms with E-state index < -0.39 is 0 Å². The van der Waals surface area contributed by atoms with Crippen LogP contribution in [0.5, 0.6) is 0 Å². The minimum Gasteiger partial charge on any atom is -0.378 e. The number of hydrogen-bond acceptors (Lipinski definition) is 4. The van der Waals surface area contributed by atoms with Crippen molar-refractivity contribution in [2.45, 2.75) is 12.5 Å². The Hall–Kier alpha value is -1.92. The van der Waals surface area contributed by atoms with E-state index in [-0.39, 0.29) is 17.9 Å². The second-order valence-corrected chi connectivity index (χ2v) is 5.22. The van der Waals surface area contributed by atoms with Gasteiger partial charge in [-0.3, -0.25) is 9.59 Å². The van der Waals surface area contributed by atoms with Gasteiger partial charge in [-0.05, 0) is 11.6 Å². The number of amides is 2. The van der Waals surface area contributed by atoms with Crippen molar-refractivity contribution in [1.82, 2.24) is 10.6 Å². The number of carbonyl (C=O) groups is 2. The fraction of sp³-hybridized carbons (Fsp3) is 0.467. The fourth-order valence-electron chi connectivity index (χ4n) is 2.71. The summed E-state index contributed by atoms with van der Waals surface area (Å²) >= 11 is 0. The second kappa shape index (κ2) is 6.24. The van der Waals surface area contributed by atoms with Gasteiger partial charge in [0.25, 0.3) is 0 Å². The average molecular weight is 289 g/mol. The molecule has 0 aromatic heterocycles. The number of anilines is 1. The highest BCUT2D eigenvalue weighted by atomic mass is 16.5. The standard InChI is InChI=1S/C15H19N3O3/c19-14-9-11-3-1-2-4-13(11)18(14)7-5-17-15(20)12-10-21-8-6-16-12/h1-4,12,16H,5-10H2,(H,17,20). The number of rotatable bonds is 4. The number of morpholine rings is 1. The monoisotopic (exact) mass is 289 g/mol. The van der Waals surface area contributed by atoms with Crippen LogP contribution in [0.25, 0.3) is 0 Å². The molecule has 0 spiro atoms. The summed E-state index contributed by atoms with van der Waals surface area (Å²) in [6.45, 7) is 2.67. The predicted molar refractivity (Wildman–Crippen MR) is 78.1 cm³/mol. The molecule has 2 amide bonds. The van der Waals surface area contributed by atoms with Crippen LogP contribution in [0, 0.1) is 0 Å². The number of fused-ring (bicyclic) bond motifs is 1. The predicted octanol–water partition coefficient (Wildman–Crippen LogP) is -0.320. The van der Waals surface area contributed by atoms with Gasteiger partial charge in [-0.15, -0.1) is 0 Å². The van der Waals surface area contributed by atoms with Gasteiger partial charge in [-0.1, -0.05) is 18.2 Å². The highest BCUT2D eigenvalue weighted by molar-refractivity contribution is 6.01. The van der Waals surface area contributed by atoms with E-state index in [1.807, 2.05) is 24.3 Å². The minimum absolute atomic E-state index is 0.0744. The van der Waals surface area contributed by atoms with Crippen molar-refractivity contribution in [1.29, 1.82) is 0 Å². The molecule has 1 fully saturated rings. The second-order valence-electron chi connectivity index (χ2n) is 5.22. The number of ether oxygens (including phenoxy) is 1. The average Bonchev–Trinajstić information content (AvgIpc) is 2.84. The summed E-state index contributed by atoms with van der Waals surface area (Å²) in [5.74, 6) is 0.0132. The maximum Gasteiger partial charge on any atom is 0.239 e. The van der Waals surface area contributed by atoms with Crippen LogP contribution in [0.4, 0.5) is 5.69 Å². The Bertz CT molecular complexity index is 541. The molecule has 2 heterocycles. The summed E-state index contributed by atoms with van der Waals surface area (Å²) in [6.07, 6.45) is 0.447. The largest absolute Gasteiger partial charge is 0.378 e. The van der Waals surface area contributed by atoms with Gasteiger partial charge in [-0.2, -0.15) is 0 Å². The van der Waals surface area contributed by atoms with Crippen molar-refractivity contribution in [2.24, 2.45) is 0 Å². The first kappa shape index (κ1) is 14.0. The summed E-state index contributed by atoms with van der Waals surface area (Å²) in [6, 6.07) is 7.48. The fourth-order valence-corrected chi connectivity index (χ4v) is 2.71. The zero-order chi connectivity index (χ0) is 14.7. The molecular weight excluding hydrogens is 270 g/mol. The Morgan fingerprint density at radius 1 is 1.43 bits per heavy atom. The topological polar surface area (TPSA) is 70.7 Å². The third kappa shape index (κ3) is 3.06. The van der Waals surface area contributed by atoms with Gasteiger partial charge in [0.1, 0.15) is 6.04 Å². The van der Waals surface area contributed by atoms with Crippen LogP contribution in [-0.2, 0) is 20.7 Å². The highest BCUT2D eigenvalue weighted by Gasteiger charge is 2.27. The summed E-state index contributed by atoms with van der Waals surface area (Å²) in [5.41, 5.74) is 2.01. The van der Waals surface area contributed by atoms with E-state index in [0.717, 1.165) is 11.3 Å². The Balaban J connectivity index is 1.51. The maximum atomic E-state index is 12.0. The van der Waals surface area contributed by atoms with Crippen molar-refractivity contribution >= 4 is 17.5 Å². The molecule has 21 heavy (non-hydrogen) atoms. The molecule has 2 N–H and O–H groups in total. The molecule has 0 saturated carbocycles. The number of para-hydroxylation sites is 1. The van der Waals surface area contributed by atoms with Crippen molar-refractivity contribution < 1.29 is 14.3 Å². The molecule has 2 aliphatic heterocycles. The van der Waals surface area contributed by atoms with Crippen molar-refractivity contribution in [3.63, 3.8) is 0 Å². The molecule has 6 heteroatoms. The first-order chi connectivity index (χ1) is 10.3. The number of carbonyl (C=O) groups excluding carboxylic acids is 2. The summed E-state index contributed by atoms with van der Waals surface area (Å²) in [4.78, 5) is 25.7. The summed E-state index contributed by atoms with van der Waals surface area (Å²) < 4.78 is 5.26. The maximum absolute atomic E-state index is 12.0. The molecule has 6 nitrogen and oxygen atoms in total. The van der Waals surface area contributed by atoms with Gasteiger partial charge in [0.2, 0.25) is 11.8 Å². The van der Waals surface area contributed by atoms with Crippen LogP contribution < -0.4 is 15.5 Å². The van der Waals surface area contributed by atoms with Crippen molar-refractivity contribution in [3.05, 3.63) is 29.8 Å². The lowest BCUT2D eigenvalue weighted by Crippen LogP contribution is -2.52. The molecular formula is C15H19N3O3. The Kier molecular flexibility index (Phi) is 4.17. The molecule has 0 aliphatic carbocycles. The summed E-state index contributed by atoms with van der Waals surface area (Å²) in [5, 5.41) is 5.96. The molecule has 1 atom stereocenters. The van der Waals surface area contributed by atoms with E-state index in [1.165, 1.54) is 0 Å². The SMILES string of the molecule is O=C(NCCN1C(=O)Cc2ccccc21)C1COCCN1. The molecule has 0 radical (unpaired) electrons. The molecule has 1 saturated heterocycles. The van der Waals surface area contributed by atoms with Gasteiger partial charge in [-0.25, -0.2) is 0 Å². The van der Waals surface area contributed by atoms with Gasteiger partial charge < -0.3 is 20.3 Å². The number of nitrogens with zero attached hydrogens (tertiary/aromatic N) is 1. The lowest BCUT2D eigenvalue weighted by atomic mass is 10.2. The van der Waals surface area contributed by atoms with E-state index in [2.05, 4.69) is 10.6 Å². The zero-order valence-corrected chi connectivity index (χ0v) is 11.8. The smallest absolute Gasteiger partial charge is 0.239 e.